The van der Waals surface area contributed by atoms with Gasteiger partial charge >= 0.3 is 0 Å². The summed E-state index contributed by atoms with van der Waals surface area (Å²) < 4.78 is 3.43. The highest BCUT2D eigenvalue weighted by molar-refractivity contribution is 7.71. The van der Waals surface area contributed by atoms with Gasteiger partial charge in [0.25, 0.3) is 5.95 Å². The van der Waals surface area contributed by atoms with Gasteiger partial charge in [0, 0.05) is 5.69 Å². The Labute approximate surface area is 98.1 Å². The van der Waals surface area contributed by atoms with Gasteiger partial charge in [-0.2, -0.15) is 9.77 Å². The lowest BCUT2D eigenvalue weighted by atomic mass is 10.3. The predicted molar refractivity (Wildman–Crippen MR) is 63.4 cm³/mol. The number of aryl methyl sites for hydroxylation is 2. The first kappa shape index (κ1) is 10.9. The smallest absolute Gasteiger partial charge is 0.269 e. The van der Waals surface area contributed by atoms with Crippen molar-refractivity contribution in [1.82, 2.24) is 24.7 Å². The number of hydrogen-bond acceptors (Lipinski definition) is 4. The van der Waals surface area contributed by atoms with Gasteiger partial charge in [-0.15, -0.1) is 5.10 Å². The highest BCUT2D eigenvalue weighted by atomic mass is 32.1. The minimum atomic E-state index is 0.380. The molecule has 6 nitrogen and oxygen atoms in total. The average Bonchev–Trinajstić information content (AvgIpc) is 2.84. The highest BCUT2D eigenvalue weighted by Crippen LogP contribution is 2.11. The van der Waals surface area contributed by atoms with E-state index < -0.39 is 0 Å². The Hall–Kier alpha value is -1.63. The summed E-state index contributed by atoms with van der Waals surface area (Å²) in [5, 5.41) is 11.1. The summed E-state index contributed by atoms with van der Waals surface area (Å²) in [5.41, 5.74) is 2.09. The summed E-state index contributed by atoms with van der Waals surface area (Å²) in [4.78, 5) is 0. The zero-order valence-electron chi connectivity index (χ0n) is 9.27. The lowest BCUT2D eigenvalue weighted by molar-refractivity contribution is 0.720. The summed E-state index contributed by atoms with van der Waals surface area (Å²) in [6.07, 6.45) is 1.75. The topological polar surface area (TPSA) is 77.5 Å². The number of nitrogens with one attached hydrogen (secondary N) is 1. The summed E-state index contributed by atoms with van der Waals surface area (Å²) in [5.74, 6) is 6.28. The van der Waals surface area contributed by atoms with Crippen LogP contribution in [-0.2, 0) is 12.8 Å². The molecule has 0 spiro atoms. The Kier molecular flexibility index (Phi) is 2.78. The number of aromatic amines is 1. The third-order valence-corrected chi connectivity index (χ3v) is 2.72. The van der Waals surface area contributed by atoms with Gasteiger partial charge in [0.05, 0.1) is 5.69 Å². The number of nitrogen functional groups attached to an aromatic ring is 1. The molecule has 7 heteroatoms. The van der Waals surface area contributed by atoms with Crippen LogP contribution in [-0.4, -0.2) is 24.7 Å². The van der Waals surface area contributed by atoms with Crippen molar-refractivity contribution in [1.29, 1.82) is 0 Å². The van der Waals surface area contributed by atoms with Crippen LogP contribution in [0.1, 0.15) is 25.2 Å². The van der Waals surface area contributed by atoms with E-state index in [-0.39, 0.29) is 0 Å². The van der Waals surface area contributed by atoms with Crippen LogP contribution < -0.4 is 5.84 Å². The van der Waals surface area contributed by atoms with Crippen molar-refractivity contribution in [3.05, 3.63) is 22.2 Å². The Morgan fingerprint density at radius 2 is 2.19 bits per heavy atom. The maximum Gasteiger partial charge on any atom is 0.269 e. The zero-order chi connectivity index (χ0) is 11.7. The molecule has 0 saturated carbocycles. The van der Waals surface area contributed by atoms with Crippen LogP contribution in [0.2, 0.25) is 0 Å². The van der Waals surface area contributed by atoms with Crippen molar-refractivity contribution in [2.24, 2.45) is 0 Å². The SMILES string of the molecule is CCc1cc(CC)n(-c2n[nH]c(=S)n2N)n1. The predicted octanol–water partition coefficient (Wildman–Crippen LogP) is 0.965. The Balaban J connectivity index is 2.58. The maximum absolute atomic E-state index is 5.77. The molecule has 0 unspecified atom stereocenters. The van der Waals surface area contributed by atoms with Gasteiger partial charge < -0.3 is 5.84 Å². The molecule has 86 valence electrons. The van der Waals surface area contributed by atoms with Crippen LogP contribution in [0.3, 0.4) is 0 Å². The van der Waals surface area contributed by atoms with E-state index in [0.717, 1.165) is 24.2 Å². The molecular formula is C9H14N6S. The second-order valence-electron chi connectivity index (χ2n) is 3.44. The molecule has 2 rings (SSSR count). The van der Waals surface area contributed by atoms with E-state index in [1.165, 1.54) is 4.68 Å². The molecule has 0 saturated heterocycles. The normalized spacial score (nSPS) is 10.9. The molecule has 2 heterocycles. The third kappa shape index (κ3) is 1.63. The van der Waals surface area contributed by atoms with Crippen molar-refractivity contribution in [3.8, 4) is 5.95 Å². The number of nitrogens with zero attached hydrogens (tertiary/aromatic N) is 4. The summed E-state index contributed by atoms with van der Waals surface area (Å²) in [6.45, 7) is 4.13. The fourth-order valence-corrected chi connectivity index (χ4v) is 1.65. The van der Waals surface area contributed by atoms with Gasteiger partial charge in [-0.1, -0.05) is 13.8 Å². The van der Waals surface area contributed by atoms with Crippen LogP contribution in [0, 0.1) is 4.77 Å². The zero-order valence-corrected chi connectivity index (χ0v) is 10.1. The largest absolute Gasteiger partial charge is 0.334 e. The molecule has 2 aromatic rings. The van der Waals surface area contributed by atoms with Crippen molar-refractivity contribution in [2.45, 2.75) is 26.7 Å². The molecule has 0 radical (unpaired) electrons. The molecule has 3 N–H and O–H groups in total. The number of aromatic nitrogens is 5. The Morgan fingerprint density at radius 1 is 1.44 bits per heavy atom. The molecule has 0 aliphatic rings. The second-order valence-corrected chi connectivity index (χ2v) is 3.83. The molecule has 0 atom stereocenters. The van der Waals surface area contributed by atoms with E-state index >= 15 is 0 Å². The minimum Gasteiger partial charge on any atom is -0.334 e. The van der Waals surface area contributed by atoms with E-state index in [1.54, 1.807) is 4.68 Å². The average molecular weight is 238 g/mol. The number of nitrogens with two attached hydrogens (primary N) is 1. The van der Waals surface area contributed by atoms with E-state index in [4.69, 9.17) is 18.1 Å². The van der Waals surface area contributed by atoms with Crippen LogP contribution in [0.5, 0.6) is 0 Å². The fraction of sp³-hybridized carbons (Fsp3) is 0.444. The number of rotatable bonds is 3. The number of hydrogen-bond donors (Lipinski definition) is 2. The monoisotopic (exact) mass is 238 g/mol. The lowest BCUT2D eigenvalue weighted by Gasteiger charge is -2.03. The quantitative estimate of drug-likeness (QED) is 0.617. The molecule has 2 aromatic heterocycles. The molecule has 0 fully saturated rings. The van der Waals surface area contributed by atoms with E-state index in [1.807, 2.05) is 0 Å². The van der Waals surface area contributed by atoms with Crippen LogP contribution >= 0.6 is 12.2 Å². The van der Waals surface area contributed by atoms with Crippen LogP contribution in [0.15, 0.2) is 6.07 Å². The fourth-order valence-electron chi connectivity index (χ4n) is 1.52. The van der Waals surface area contributed by atoms with Crippen molar-refractivity contribution in [2.75, 3.05) is 5.84 Å². The lowest BCUT2D eigenvalue weighted by Crippen LogP contribution is -2.16. The van der Waals surface area contributed by atoms with Crippen molar-refractivity contribution < 1.29 is 0 Å². The van der Waals surface area contributed by atoms with Crippen LogP contribution in [0.25, 0.3) is 5.95 Å². The van der Waals surface area contributed by atoms with Gasteiger partial charge in [-0.05, 0) is 31.1 Å². The summed E-state index contributed by atoms with van der Waals surface area (Å²) in [6, 6.07) is 2.05. The summed E-state index contributed by atoms with van der Waals surface area (Å²) in [7, 11) is 0. The Bertz CT molecular complexity index is 549. The second kappa shape index (κ2) is 4.09. The molecule has 0 aliphatic heterocycles. The maximum atomic E-state index is 5.77. The Morgan fingerprint density at radius 3 is 2.69 bits per heavy atom. The standard InChI is InChI=1S/C9H14N6S/c1-3-6-5-7(4-2)15(13-6)8-11-12-9(16)14(8)10/h5H,3-4,10H2,1-2H3,(H,12,16). The van der Waals surface area contributed by atoms with E-state index in [9.17, 15) is 0 Å². The van der Waals surface area contributed by atoms with Gasteiger partial charge in [0.2, 0.25) is 4.77 Å². The van der Waals surface area contributed by atoms with Crippen molar-refractivity contribution >= 4 is 12.2 Å². The van der Waals surface area contributed by atoms with Gasteiger partial charge in [-0.25, -0.2) is 9.78 Å². The van der Waals surface area contributed by atoms with Crippen LogP contribution in [0.4, 0.5) is 0 Å². The molecule has 16 heavy (non-hydrogen) atoms. The van der Waals surface area contributed by atoms with E-state index in [2.05, 4.69) is 35.2 Å². The third-order valence-electron chi connectivity index (χ3n) is 2.43. The molecule has 0 amide bonds. The number of H-pyrrole nitrogens is 1. The molecule has 0 bridgehead atoms. The molecule has 0 aromatic carbocycles. The molecule has 0 aliphatic carbocycles. The first-order valence-electron chi connectivity index (χ1n) is 5.18. The summed E-state index contributed by atoms with van der Waals surface area (Å²) >= 11 is 4.97. The molecular weight excluding hydrogens is 224 g/mol. The van der Waals surface area contributed by atoms with Gasteiger partial charge in [-0.3, -0.25) is 0 Å². The van der Waals surface area contributed by atoms with Gasteiger partial charge in [0.15, 0.2) is 0 Å². The highest BCUT2D eigenvalue weighted by Gasteiger charge is 2.12. The van der Waals surface area contributed by atoms with Gasteiger partial charge in [0.1, 0.15) is 0 Å². The first-order chi connectivity index (χ1) is 7.67. The van der Waals surface area contributed by atoms with Crippen molar-refractivity contribution in [3.63, 3.8) is 0 Å². The minimum absolute atomic E-state index is 0.380. The van der Waals surface area contributed by atoms with E-state index in [0.29, 0.717) is 10.7 Å². The first-order valence-corrected chi connectivity index (χ1v) is 5.58.